The normalized spacial score (nSPS) is 15.3. The van der Waals surface area contributed by atoms with Crippen molar-refractivity contribution in [3.8, 4) is 0 Å². The van der Waals surface area contributed by atoms with E-state index in [1.54, 1.807) is 0 Å². The lowest BCUT2D eigenvalue weighted by molar-refractivity contribution is -0.140. The summed E-state index contributed by atoms with van der Waals surface area (Å²) >= 11 is 0. The van der Waals surface area contributed by atoms with Gasteiger partial charge in [-0.05, 0) is 24.6 Å². The first-order valence-corrected chi connectivity index (χ1v) is 5.55. The maximum atomic E-state index is 13.0. The minimum absolute atomic E-state index is 0.00221. The Labute approximate surface area is 107 Å². The molecule has 0 saturated carbocycles. The third kappa shape index (κ3) is 4.77. The Bertz CT molecular complexity index is 432. The van der Waals surface area contributed by atoms with Crippen LogP contribution in [0.1, 0.15) is 18.1 Å². The molecule has 1 unspecified atom stereocenters. The second-order valence-corrected chi connectivity index (χ2v) is 4.57. The molecule has 0 fully saturated rings. The van der Waals surface area contributed by atoms with Crippen LogP contribution in [0.15, 0.2) is 18.2 Å². The average Bonchev–Trinajstić information content (AvgIpc) is 2.30. The van der Waals surface area contributed by atoms with E-state index in [-0.39, 0.29) is 18.7 Å². The van der Waals surface area contributed by atoms with Crippen LogP contribution in [-0.2, 0) is 12.7 Å². The van der Waals surface area contributed by atoms with E-state index in [9.17, 15) is 22.7 Å². The molecular formula is C12H15F4NO2. The third-order valence-electron chi connectivity index (χ3n) is 2.51. The molecule has 0 aliphatic rings. The van der Waals surface area contributed by atoms with Crippen molar-refractivity contribution in [3.05, 3.63) is 35.1 Å². The highest BCUT2D eigenvalue weighted by Crippen LogP contribution is 2.31. The SMILES string of the molecule is CC(O)(CO)CNCc1ccc(F)c(C(F)(F)F)c1. The zero-order valence-electron chi connectivity index (χ0n) is 10.3. The number of rotatable bonds is 5. The lowest BCUT2D eigenvalue weighted by Crippen LogP contribution is -2.40. The van der Waals surface area contributed by atoms with Gasteiger partial charge in [0.05, 0.1) is 17.8 Å². The van der Waals surface area contributed by atoms with Crippen LogP contribution in [0.25, 0.3) is 0 Å². The van der Waals surface area contributed by atoms with Gasteiger partial charge in [0, 0.05) is 13.1 Å². The molecule has 7 heteroatoms. The van der Waals surface area contributed by atoms with Gasteiger partial charge in [-0.1, -0.05) is 6.07 Å². The van der Waals surface area contributed by atoms with Gasteiger partial charge in [-0.25, -0.2) is 4.39 Å². The Kier molecular flexibility index (Phi) is 4.89. The summed E-state index contributed by atoms with van der Waals surface area (Å²) in [5, 5.41) is 21.0. The first kappa shape index (κ1) is 15.9. The highest BCUT2D eigenvalue weighted by molar-refractivity contribution is 5.27. The number of aliphatic hydroxyl groups is 2. The standard InChI is InChI=1S/C12H15F4NO2/c1-11(19,7-18)6-17-5-8-2-3-10(13)9(4-8)12(14,15)16/h2-4,17-19H,5-7H2,1H3. The van der Waals surface area contributed by atoms with Crippen molar-refractivity contribution in [2.75, 3.05) is 13.2 Å². The summed E-state index contributed by atoms with van der Waals surface area (Å²) in [4.78, 5) is 0. The molecule has 0 aromatic heterocycles. The Morgan fingerprint density at radius 1 is 1.26 bits per heavy atom. The molecule has 1 atom stereocenters. The number of hydrogen-bond donors (Lipinski definition) is 3. The zero-order valence-corrected chi connectivity index (χ0v) is 10.3. The van der Waals surface area contributed by atoms with Crippen LogP contribution in [0, 0.1) is 5.82 Å². The van der Waals surface area contributed by atoms with Crippen LogP contribution in [0.5, 0.6) is 0 Å². The molecule has 0 radical (unpaired) electrons. The Morgan fingerprint density at radius 2 is 1.89 bits per heavy atom. The molecule has 1 aromatic carbocycles. The number of nitrogens with one attached hydrogen (secondary N) is 1. The molecule has 3 nitrogen and oxygen atoms in total. The van der Waals surface area contributed by atoms with Crippen molar-refractivity contribution in [1.29, 1.82) is 0 Å². The predicted molar refractivity (Wildman–Crippen MR) is 60.8 cm³/mol. The van der Waals surface area contributed by atoms with E-state index in [0.29, 0.717) is 0 Å². The van der Waals surface area contributed by atoms with Crippen molar-refractivity contribution in [2.45, 2.75) is 25.2 Å². The molecular weight excluding hydrogens is 266 g/mol. The maximum absolute atomic E-state index is 13.0. The molecule has 1 aromatic rings. The van der Waals surface area contributed by atoms with E-state index in [2.05, 4.69) is 5.32 Å². The second kappa shape index (κ2) is 5.85. The van der Waals surface area contributed by atoms with Crippen LogP contribution < -0.4 is 5.32 Å². The summed E-state index contributed by atoms with van der Waals surface area (Å²) < 4.78 is 50.4. The monoisotopic (exact) mass is 281 g/mol. The maximum Gasteiger partial charge on any atom is 0.419 e. The fourth-order valence-electron chi connectivity index (χ4n) is 1.43. The van der Waals surface area contributed by atoms with Gasteiger partial charge in [-0.2, -0.15) is 13.2 Å². The highest BCUT2D eigenvalue weighted by Gasteiger charge is 2.34. The zero-order chi connectivity index (χ0) is 14.7. The number of halogens is 4. The van der Waals surface area contributed by atoms with Gasteiger partial charge in [-0.3, -0.25) is 0 Å². The fourth-order valence-corrected chi connectivity index (χ4v) is 1.43. The summed E-state index contributed by atoms with van der Waals surface area (Å²) in [5.41, 5.74) is -2.43. The van der Waals surface area contributed by atoms with Crippen LogP contribution in [0.3, 0.4) is 0 Å². The van der Waals surface area contributed by atoms with Gasteiger partial charge in [-0.15, -0.1) is 0 Å². The molecule has 0 heterocycles. The minimum Gasteiger partial charge on any atom is -0.393 e. The molecule has 19 heavy (non-hydrogen) atoms. The van der Waals surface area contributed by atoms with E-state index in [1.165, 1.54) is 13.0 Å². The molecule has 0 aliphatic carbocycles. The summed E-state index contributed by atoms with van der Waals surface area (Å²) in [5.74, 6) is -1.32. The minimum atomic E-state index is -4.74. The lowest BCUT2D eigenvalue weighted by Gasteiger charge is -2.20. The van der Waals surface area contributed by atoms with Gasteiger partial charge in [0.2, 0.25) is 0 Å². The Hall–Kier alpha value is -1.18. The predicted octanol–water partition coefficient (Wildman–Crippen LogP) is 1.68. The number of alkyl halides is 3. The van der Waals surface area contributed by atoms with E-state index in [0.717, 1.165) is 12.1 Å². The van der Waals surface area contributed by atoms with Crippen molar-refractivity contribution in [2.24, 2.45) is 0 Å². The van der Waals surface area contributed by atoms with Gasteiger partial charge in [0.1, 0.15) is 5.82 Å². The van der Waals surface area contributed by atoms with Gasteiger partial charge in [0.25, 0.3) is 0 Å². The van der Waals surface area contributed by atoms with Crippen molar-refractivity contribution in [1.82, 2.24) is 5.32 Å². The first-order valence-electron chi connectivity index (χ1n) is 5.55. The van der Waals surface area contributed by atoms with Gasteiger partial charge >= 0.3 is 6.18 Å². The van der Waals surface area contributed by atoms with Crippen molar-refractivity contribution < 1.29 is 27.8 Å². The highest BCUT2D eigenvalue weighted by atomic mass is 19.4. The third-order valence-corrected chi connectivity index (χ3v) is 2.51. The van der Waals surface area contributed by atoms with Gasteiger partial charge in [0.15, 0.2) is 0 Å². The summed E-state index contributed by atoms with van der Waals surface area (Å²) in [6.45, 7) is 0.935. The smallest absolute Gasteiger partial charge is 0.393 e. The van der Waals surface area contributed by atoms with E-state index in [4.69, 9.17) is 5.11 Å². The average molecular weight is 281 g/mol. The van der Waals surface area contributed by atoms with Crippen molar-refractivity contribution >= 4 is 0 Å². The van der Waals surface area contributed by atoms with Crippen molar-refractivity contribution in [3.63, 3.8) is 0 Å². The van der Waals surface area contributed by atoms with E-state index in [1.807, 2.05) is 0 Å². The number of benzene rings is 1. The Morgan fingerprint density at radius 3 is 2.42 bits per heavy atom. The van der Waals surface area contributed by atoms with Crippen LogP contribution >= 0.6 is 0 Å². The van der Waals surface area contributed by atoms with Gasteiger partial charge < -0.3 is 15.5 Å². The number of aliphatic hydroxyl groups excluding tert-OH is 1. The Balaban J connectivity index is 2.71. The van der Waals surface area contributed by atoms with E-state index < -0.39 is 29.8 Å². The number of hydrogen-bond acceptors (Lipinski definition) is 3. The molecule has 108 valence electrons. The molecule has 0 aliphatic heterocycles. The van der Waals surface area contributed by atoms with Crippen LogP contribution in [0.4, 0.5) is 17.6 Å². The topological polar surface area (TPSA) is 52.5 Å². The fraction of sp³-hybridized carbons (Fsp3) is 0.500. The van der Waals surface area contributed by atoms with E-state index >= 15 is 0 Å². The lowest BCUT2D eigenvalue weighted by atomic mass is 10.1. The summed E-state index contributed by atoms with van der Waals surface area (Å²) in [6.07, 6.45) is -4.74. The quantitative estimate of drug-likeness (QED) is 0.720. The van der Waals surface area contributed by atoms with Crippen LogP contribution in [0.2, 0.25) is 0 Å². The van der Waals surface area contributed by atoms with Crippen LogP contribution in [-0.4, -0.2) is 29.0 Å². The molecule has 3 N–H and O–H groups in total. The summed E-state index contributed by atoms with van der Waals surface area (Å²) in [7, 11) is 0. The second-order valence-electron chi connectivity index (χ2n) is 4.57. The largest absolute Gasteiger partial charge is 0.419 e. The molecule has 0 bridgehead atoms. The summed E-state index contributed by atoms with van der Waals surface area (Å²) in [6, 6.07) is 2.70. The molecule has 0 saturated heterocycles. The first-order chi connectivity index (χ1) is 8.65. The molecule has 1 rings (SSSR count). The molecule has 0 spiro atoms. The molecule has 0 amide bonds.